The SMILES string of the molecule is CCN(CC)S(=O)(=O)c1ccc(Nc2c(N3CCC(C(O)(c4ccccc4)c4ccccc4)CC3)c(=O)c2=O)cc1. The Labute approximate surface area is 240 Å². The van der Waals surface area contributed by atoms with Crippen molar-refractivity contribution in [3.05, 3.63) is 117 Å². The summed E-state index contributed by atoms with van der Waals surface area (Å²) in [6, 6.07) is 25.5. The minimum absolute atomic E-state index is 0.0910. The van der Waals surface area contributed by atoms with Gasteiger partial charge in [0, 0.05) is 31.9 Å². The van der Waals surface area contributed by atoms with Crippen molar-refractivity contribution in [1.29, 1.82) is 0 Å². The van der Waals surface area contributed by atoms with Crippen molar-refractivity contribution in [3.63, 3.8) is 0 Å². The molecule has 0 saturated carbocycles. The molecule has 1 fully saturated rings. The minimum Gasteiger partial charge on any atom is -0.380 e. The molecule has 0 aromatic heterocycles. The Morgan fingerprint density at radius 3 is 1.83 bits per heavy atom. The minimum atomic E-state index is -3.60. The Morgan fingerprint density at radius 1 is 0.829 bits per heavy atom. The molecule has 0 atom stereocenters. The molecule has 1 heterocycles. The molecule has 1 saturated heterocycles. The Morgan fingerprint density at radius 2 is 1.34 bits per heavy atom. The Hall–Kier alpha value is -3.79. The lowest BCUT2D eigenvalue weighted by atomic mass is 9.72. The highest BCUT2D eigenvalue weighted by Gasteiger charge is 2.42. The van der Waals surface area contributed by atoms with Crippen LogP contribution in [0.3, 0.4) is 0 Å². The number of nitrogens with one attached hydrogen (secondary N) is 1. The summed E-state index contributed by atoms with van der Waals surface area (Å²) in [7, 11) is -3.60. The summed E-state index contributed by atoms with van der Waals surface area (Å²) in [6.45, 7) is 5.33. The largest absolute Gasteiger partial charge is 0.380 e. The monoisotopic (exact) mass is 573 g/mol. The van der Waals surface area contributed by atoms with Crippen molar-refractivity contribution >= 4 is 27.1 Å². The third-order valence-electron chi connectivity index (χ3n) is 8.18. The highest BCUT2D eigenvalue weighted by Crippen LogP contribution is 2.42. The maximum absolute atomic E-state index is 12.8. The van der Waals surface area contributed by atoms with Gasteiger partial charge in [-0.15, -0.1) is 0 Å². The molecule has 2 N–H and O–H groups in total. The number of benzene rings is 3. The van der Waals surface area contributed by atoms with Crippen molar-refractivity contribution in [2.24, 2.45) is 5.92 Å². The van der Waals surface area contributed by atoms with Crippen LogP contribution in [0.15, 0.2) is 99.4 Å². The number of hydrogen-bond donors (Lipinski definition) is 2. The molecular formula is C32H35N3O5S. The van der Waals surface area contributed by atoms with Crippen LogP contribution in [0.1, 0.15) is 37.8 Å². The molecule has 0 bridgehead atoms. The molecule has 214 valence electrons. The van der Waals surface area contributed by atoms with Crippen LogP contribution in [0, 0.1) is 5.92 Å². The van der Waals surface area contributed by atoms with Crippen LogP contribution in [0.4, 0.5) is 17.1 Å². The number of anilines is 3. The third kappa shape index (κ3) is 5.21. The molecule has 0 radical (unpaired) electrons. The highest BCUT2D eigenvalue weighted by molar-refractivity contribution is 7.89. The number of nitrogens with zero attached hydrogens (tertiary/aromatic N) is 2. The quantitative estimate of drug-likeness (QED) is 0.274. The van der Waals surface area contributed by atoms with Gasteiger partial charge in [-0.3, -0.25) is 9.59 Å². The summed E-state index contributed by atoms with van der Waals surface area (Å²) in [5, 5.41) is 15.2. The van der Waals surface area contributed by atoms with Gasteiger partial charge in [0.25, 0.3) is 10.9 Å². The second-order valence-corrected chi connectivity index (χ2v) is 12.3. The molecule has 5 rings (SSSR count). The lowest BCUT2D eigenvalue weighted by Crippen LogP contribution is -2.48. The number of hydrogen-bond acceptors (Lipinski definition) is 7. The van der Waals surface area contributed by atoms with Gasteiger partial charge in [0.05, 0.1) is 4.90 Å². The van der Waals surface area contributed by atoms with Crippen LogP contribution in [0.2, 0.25) is 0 Å². The number of piperidine rings is 1. The van der Waals surface area contributed by atoms with Gasteiger partial charge in [-0.05, 0) is 54.2 Å². The predicted molar refractivity (Wildman–Crippen MR) is 162 cm³/mol. The van der Waals surface area contributed by atoms with Crippen LogP contribution in [-0.4, -0.2) is 44.0 Å². The second-order valence-electron chi connectivity index (χ2n) is 10.4. The Kier molecular flexibility index (Phi) is 8.13. The highest BCUT2D eigenvalue weighted by atomic mass is 32.2. The van der Waals surface area contributed by atoms with Gasteiger partial charge in [-0.1, -0.05) is 74.5 Å². The van der Waals surface area contributed by atoms with Gasteiger partial charge >= 0.3 is 0 Å². The molecule has 8 nitrogen and oxygen atoms in total. The summed E-state index contributed by atoms with van der Waals surface area (Å²) in [6.07, 6.45) is 1.24. The standard InChI is InChI=1S/C32H35N3O5S/c1-3-35(4-2)41(39,40)27-17-15-26(16-18-27)33-28-29(31(37)30(28)36)34-21-19-25(20-22-34)32(38,23-11-7-5-8-12-23)24-13-9-6-10-14-24/h5-18,25,33,38H,3-4,19-22H2,1-2H3. The molecule has 0 unspecified atom stereocenters. The van der Waals surface area contributed by atoms with E-state index >= 15 is 0 Å². The molecule has 1 aliphatic rings. The van der Waals surface area contributed by atoms with E-state index in [0.717, 1.165) is 11.1 Å². The molecule has 0 amide bonds. The smallest absolute Gasteiger partial charge is 0.253 e. The van der Waals surface area contributed by atoms with E-state index < -0.39 is 26.5 Å². The van der Waals surface area contributed by atoms with Gasteiger partial charge in [0.1, 0.15) is 17.0 Å². The molecule has 0 spiro atoms. The zero-order chi connectivity index (χ0) is 29.2. The van der Waals surface area contributed by atoms with Crippen molar-refractivity contribution in [2.45, 2.75) is 37.2 Å². The summed E-state index contributed by atoms with van der Waals surface area (Å²) < 4.78 is 27.0. The van der Waals surface area contributed by atoms with Crippen molar-refractivity contribution in [2.75, 3.05) is 36.4 Å². The molecule has 4 aromatic rings. The van der Waals surface area contributed by atoms with Crippen LogP contribution >= 0.6 is 0 Å². The Bertz CT molecular complexity index is 1610. The molecule has 4 aromatic carbocycles. The molecule has 41 heavy (non-hydrogen) atoms. The van der Waals surface area contributed by atoms with E-state index in [4.69, 9.17) is 0 Å². The van der Waals surface area contributed by atoms with Crippen LogP contribution in [0.25, 0.3) is 0 Å². The molecule has 0 aliphatic carbocycles. The zero-order valence-corrected chi connectivity index (χ0v) is 24.1. The first-order valence-electron chi connectivity index (χ1n) is 14.0. The average molecular weight is 574 g/mol. The first-order valence-corrected chi connectivity index (χ1v) is 15.4. The van der Waals surface area contributed by atoms with E-state index in [1.807, 2.05) is 65.6 Å². The third-order valence-corrected chi connectivity index (χ3v) is 10.2. The number of aliphatic hydroxyl groups is 1. The van der Waals surface area contributed by atoms with Gasteiger partial charge in [0.15, 0.2) is 0 Å². The van der Waals surface area contributed by atoms with Crippen molar-refractivity contribution < 1.29 is 13.5 Å². The number of sulfonamides is 1. The molecule has 9 heteroatoms. The van der Waals surface area contributed by atoms with E-state index in [9.17, 15) is 23.1 Å². The van der Waals surface area contributed by atoms with Gasteiger partial charge in [-0.25, -0.2) is 8.42 Å². The molecule has 1 aliphatic heterocycles. The van der Waals surface area contributed by atoms with E-state index in [2.05, 4.69) is 5.32 Å². The van der Waals surface area contributed by atoms with E-state index in [1.165, 1.54) is 16.4 Å². The first kappa shape index (κ1) is 28.7. The Balaban J connectivity index is 1.34. The van der Waals surface area contributed by atoms with Crippen LogP contribution in [0.5, 0.6) is 0 Å². The van der Waals surface area contributed by atoms with Crippen molar-refractivity contribution in [3.8, 4) is 0 Å². The lowest BCUT2D eigenvalue weighted by molar-refractivity contribution is 0.00504. The maximum atomic E-state index is 12.8. The fourth-order valence-electron chi connectivity index (χ4n) is 5.91. The summed E-state index contributed by atoms with van der Waals surface area (Å²) in [4.78, 5) is 27.3. The first-order chi connectivity index (χ1) is 19.7. The number of rotatable bonds is 10. The maximum Gasteiger partial charge on any atom is 0.253 e. The van der Waals surface area contributed by atoms with E-state index in [-0.39, 0.29) is 16.5 Å². The van der Waals surface area contributed by atoms with Crippen molar-refractivity contribution in [1.82, 2.24) is 4.31 Å². The summed E-state index contributed by atoms with van der Waals surface area (Å²) >= 11 is 0. The van der Waals surface area contributed by atoms with Gasteiger partial charge < -0.3 is 15.3 Å². The molecular weight excluding hydrogens is 538 g/mol. The fourth-order valence-corrected chi connectivity index (χ4v) is 7.37. The fraction of sp³-hybridized carbons (Fsp3) is 0.312. The lowest BCUT2D eigenvalue weighted by Gasteiger charge is -2.43. The van der Waals surface area contributed by atoms with Gasteiger partial charge in [-0.2, -0.15) is 4.31 Å². The normalized spacial score (nSPS) is 15.0. The summed E-state index contributed by atoms with van der Waals surface area (Å²) in [5.41, 5.74) is 0.427. The van der Waals surface area contributed by atoms with E-state index in [0.29, 0.717) is 50.4 Å². The predicted octanol–water partition coefficient (Wildman–Crippen LogP) is 4.21. The zero-order valence-electron chi connectivity index (χ0n) is 23.3. The topological polar surface area (TPSA) is 107 Å². The van der Waals surface area contributed by atoms with Gasteiger partial charge in [0.2, 0.25) is 10.0 Å². The van der Waals surface area contributed by atoms with Crippen LogP contribution in [-0.2, 0) is 15.6 Å². The van der Waals surface area contributed by atoms with E-state index in [1.54, 1.807) is 26.0 Å². The summed E-state index contributed by atoms with van der Waals surface area (Å²) in [5.74, 6) is -0.0910. The average Bonchev–Trinajstić information content (AvgIpc) is 3.02. The van der Waals surface area contributed by atoms with Crippen LogP contribution < -0.4 is 21.1 Å². The second kappa shape index (κ2) is 11.6.